The summed E-state index contributed by atoms with van der Waals surface area (Å²) in [6.45, 7) is 0. The van der Waals surface area contributed by atoms with Gasteiger partial charge in [0.25, 0.3) is 5.91 Å². The molecule has 0 aliphatic rings. The minimum Gasteiger partial charge on any atom is -0.364 e. The van der Waals surface area contributed by atoms with Crippen LogP contribution < -0.4 is 5.73 Å². The first-order valence-electron chi connectivity index (χ1n) is 2.59. The molecule has 1 aromatic rings. The van der Waals surface area contributed by atoms with Gasteiger partial charge < -0.3 is 5.73 Å². The van der Waals surface area contributed by atoms with Crippen molar-refractivity contribution < 1.29 is 4.79 Å². The maximum Gasteiger partial charge on any atom is 0.267 e. The van der Waals surface area contributed by atoms with Gasteiger partial charge in [-0.15, -0.1) is 0 Å². The Morgan fingerprint density at radius 2 is 2.09 bits per heavy atom. The molecule has 0 fully saturated rings. The van der Waals surface area contributed by atoms with Crippen molar-refractivity contribution in [3.05, 3.63) is 21.1 Å². The molecule has 4 nitrogen and oxygen atoms in total. The standard InChI is InChI=1S/C5H3Br2N3O/c6-3-1-2(4(8)11)9-5(7)10-3/h1H,(H2,8,11). The summed E-state index contributed by atoms with van der Waals surface area (Å²) in [5, 5.41) is 0. The molecule has 6 heteroatoms. The van der Waals surface area contributed by atoms with E-state index in [0.717, 1.165) is 0 Å². The highest BCUT2D eigenvalue weighted by atomic mass is 79.9. The van der Waals surface area contributed by atoms with Crippen molar-refractivity contribution in [2.45, 2.75) is 0 Å². The van der Waals surface area contributed by atoms with E-state index in [2.05, 4.69) is 41.8 Å². The number of primary amides is 1. The van der Waals surface area contributed by atoms with Gasteiger partial charge in [0.05, 0.1) is 0 Å². The van der Waals surface area contributed by atoms with E-state index in [-0.39, 0.29) is 5.69 Å². The van der Waals surface area contributed by atoms with Gasteiger partial charge in [-0.3, -0.25) is 4.79 Å². The van der Waals surface area contributed by atoms with Gasteiger partial charge in [0.1, 0.15) is 10.3 Å². The van der Waals surface area contributed by atoms with Gasteiger partial charge in [0.2, 0.25) is 0 Å². The number of nitrogens with zero attached hydrogens (tertiary/aromatic N) is 2. The zero-order valence-corrected chi connectivity index (χ0v) is 8.39. The van der Waals surface area contributed by atoms with Crippen molar-refractivity contribution in [1.82, 2.24) is 9.97 Å². The third-order valence-corrected chi connectivity index (χ3v) is 1.68. The van der Waals surface area contributed by atoms with Crippen LogP contribution >= 0.6 is 31.9 Å². The normalized spacial score (nSPS) is 9.64. The highest BCUT2D eigenvalue weighted by Crippen LogP contribution is 2.11. The number of carbonyl (C=O) groups is 1. The molecular formula is C5H3Br2N3O. The number of halogens is 2. The zero-order chi connectivity index (χ0) is 8.43. The lowest BCUT2D eigenvalue weighted by Gasteiger charge is -1.95. The molecular weight excluding hydrogens is 278 g/mol. The molecule has 0 unspecified atom stereocenters. The molecule has 0 aromatic carbocycles. The molecule has 1 aromatic heterocycles. The number of carbonyl (C=O) groups excluding carboxylic acids is 1. The summed E-state index contributed by atoms with van der Waals surface area (Å²) >= 11 is 6.11. The maximum atomic E-state index is 10.6. The molecule has 0 aliphatic heterocycles. The van der Waals surface area contributed by atoms with E-state index < -0.39 is 5.91 Å². The highest BCUT2D eigenvalue weighted by molar-refractivity contribution is 9.11. The second-order valence-corrected chi connectivity index (χ2v) is 3.23. The van der Waals surface area contributed by atoms with Crippen LogP contribution in [0.1, 0.15) is 10.5 Å². The van der Waals surface area contributed by atoms with Gasteiger partial charge in [0.15, 0.2) is 4.73 Å². The monoisotopic (exact) mass is 279 g/mol. The summed E-state index contributed by atoms with van der Waals surface area (Å²) in [4.78, 5) is 18.2. The van der Waals surface area contributed by atoms with Crippen LogP contribution in [0, 0.1) is 0 Å². The summed E-state index contributed by atoms with van der Waals surface area (Å²) < 4.78 is 0.855. The maximum absolute atomic E-state index is 10.6. The van der Waals surface area contributed by atoms with Crippen LogP contribution in [-0.4, -0.2) is 15.9 Å². The number of hydrogen-bond acceptors (Lipinski definition) is 3. The molecule has 1 heterocycles. The minimum atomic E-state index is -0.575. The van der Waals surface area contributed by atoms with E-state index in [1.54, 1.807) is 0 Å². The van der Waals surface area contributed by atoms with Crippen molar-refractivity contribution in [3.63, 3.8) is 0 Å². The van der Waals surface area contributed by atoms with Crippen LogP contribution in [0.4, 0.5) is 0 Å². The van der Waals surface area contributed by atoms with Crippen LogP contribution in [0.5, 0.6) is 0 Å². The van der Waals surface area contributed by atoms with Crippen molar-refractivity contribution in [2.24, 2.45) is 5.73 Å². The molecule has 1 rings (SSSR count). The molecule has 0 saturated carbocycles. The lowest BCUT2D eigenvalue weighted by Crippen LogP contribution is -2.13. The molecule has 11 heavy (non-hydrogen) atoms. The third kappa shape index (κ3) is 2.23. The first-order valence-corrected chi connectivity index (χ1v) is 4.18. The van der Waals surface area contributed by atoms with Gasteiger partial charge in [-0.05, 0) is 31.9 Å². The topological polar surface area (TPSA) is 68.9 Å². The van der Waals surface area contributed by atoms with Crippen molar-refractivity contribution >= 4 is 37.8 Å². The Bertz CT molecular complexity index is 282. The Kier molecular flexibility index (Phi) is 2.56. The fourth-order valence-electron chi connectivity index (χ4n) is 0.516. The van der Waals surface area contributed by atoms with Crippen molar-refractivity contribution in [2.75, 3.05) is 0 Å². The average Bonchev–Trinajstić information content (AvgIpc) is 1.85. The molecule has 1 amide bonds. The summed E-state index contributed by atoms with van der Waals surface area (Å²) in [7, 11) is 0. The third-order valence-electron chi connectivity index (χ3n) is 0.920. The molecule has 0 bridgehead atoms. The minimum absolute atomic E-state index is 0.179. The van der Waals surface area contributed by atoms with Gasteiger partial charge in [0, 0.05) is 6.07 Å². The first-order chi connectivity index (χ1) is 5.09. The second-order valence-electron chi connectivity index (χ2n) is 1.71. The first kappa shape index (κ1) is 8.61. The number of amides is 1. The van der Waals surface area contributed by atoms with Crippen LogP contribution in [0.3, 0.4) is 0 Å². The predicted octanol–water partition coefficient (Wildman–Crippen LogP) is 1.10. The summed E-state index contributed by atoms with van der Waals surface area (Å²) in [6, 6.07) is 1.45. The molecule has 0 saturated heterocycles. The SMILES string of the molecule is NC(=O)c1cc(Br)nc(Br)n1. The Morgan fingerprint density at radius 3 is 2.55 bits per heavy atom. The Labute approximate surface area is 79.5 Å². The molecule has 0 spiro atoms. The van der Waals surface area contributed by atoms with Crippen molar-refractivity contribution in [3.8, 4) is 0 Å². The predicted molar refractivity (Wildman–Crippen MR) is 45.9 cm³/mol. The molecule has 0 radical (unpaired) electrons. The quantitative estimate of drug-likeness (QED) is 0.619. The van der Waals surface area contributed by atoms with Gasteiger partial charge in [-0.25, -0.2) is 9.97 Å². The Hall–Kier alpha value is -0.490. The van der Waals surface area contributed by atoms with Gasteiger partial charge in [-0.2, -0.15) is 0 Å². The molecule has 0 aliphatic carbocycles. The summed E-state index contributed by atoms with van der Waals surface area (Å²) in [5.41, 5.74) is 5.16. The van der Waals surface area contributed by atoms with E-state index in [1.165, 1.54) is 6.07 Å². The average molecular weight is 281 g/mol. The van der Waals surface area contributed by atoms with Crippen LogP contribution in [0.15, 0.2) is 15.4 Å². The van der Waals surface area contributed by atoms with Crippen molar-refractivity contribution in [1.29, 1.82) is 0 Å². The number of nitrogens with two attached hydrogens (primary N) is 1. The van der Waals surface area contributed by atoms with E-state index in [4.69, 9.17) is 5.73 Å². The van der Waals surface area contributed by atoms with Crippen LogP contribution in [0.25, 0.3) is 0 Å². The molecule has 58 valence electrons. The largest absolute Gasteiger partial charge is 0.364 e. The van der Waals surface area contributed by atoms with Crippen LogP contribution in [-0.2, 0) is 0 Å². The lowest BCUT2D eigenvalue weighted by atomic mass is 10.4. The van der Waals surface area contributed by atoms with Gasteiger partial charge in [-0.1, -0.05) is 0 Å². The number of hydrogen-bond donors (Lipinski definition) is 1. The van der Waals surface area contributed by atoms with E-state index in [0.29, 0.717) is 9.34 Å². The second kappa shape index (κ2) is 3.27. The summed E-state index contributed by atoms with van der Waals surface area (Å²) in [5.74, 6) is -0.575. The Morgan fingerprint density at radius 1 is 1.45 bits per heavy atom. The van der Waals surface area contributed by atoms with Crippen LogP contribution in [0.2, 0.25) is 0 Å². The van der Waals surface area contributed by atoms with Gasteiger partial charge >= 0.3 is 0 Å². The highest BCUT2D eigenvalue weighted by Gasteiger charge is 2.04. The molecule has 0 atom stereocenters. The number of aromatic nitrogens is 2. The number of rotatable bonds is 1. The smallest absolute Gasteiger partial charge is 0.267 e. The fraction of sp³-hybridized carbons (Fsp3) is 0. The lowest BCUT2D eigenvalue weighted by molar-refractivity contribution is 0.0995. The Balaban J connectivity index is 3.19. The van der Waals surface area contributed by atoms with E-state index >= 15 is 0 Å². The zero-order valence-electron chi connectivity index (χ0n) is 5.21. The summed E-state index contributed by atoms with van der Waals surface area (Å²) in [6.07, 6.45) is 0. The van der Waals surface area contributed by atoms with E-state index in [9.17, 15) is 4.79 Å². The van der Waals surface area contributed by atoms with E-state index in [1.807, 2.05) is 0 Å². The fourth-order valence-corrected chi connectivity index (χ4v) is 1.52. The molecule has 2 N–H and O–H groups in total.